The predicted molar refractivity (Wildman–Crippen MR) is 120 cm³/mol. The third kappa shape index (κ3) is 3.97. The number of rotatable bonds is 5. The highest BCUT2D eigenvalue weighted by Crippen LogP contribution is 2.36. The Morgan fingerprint density at radius 1 is 1.24 bits per heavy atom. The zero-order chi connectivity index (χ0) is 23.7. The molecule has 172 valence electrons. The summed E-state index contributed by atoms with van der Waals surface area (Å²) in [4.78, 5) is 44.1. The maximum atomic E-state index is 15.8. The Balaban J connectivity index is 1.78. The second kappa shape index (κ2) is 8.85. The summed E-state index contributed by atoms with van der Waals surface area (Å²) in [6.45, 7) is 3.29. The number of hydrogen-bond acceptors (Lipinski definition) is 8. The lowest BCUT2D eigenvalue weighted by Gasteiger charge is -2.36. The lowest BCUT2D eigenvalue weighted by molar-refractivity contribution is -0.384. The van der Waals surface area contributed by atoms with Crippen LogP contribution in [0, 0.1) is 15.9 Å². The van der Waals surface area contributed by atoms with Crippen molar-refractivity contribution in [2.45, 2.75) is 6.92 Å². The van der Waals surface area contributed by atoms with Gasteiger partial charge in [0.05, 0.1) is 22.4 Å². The van der Waals surface area contributed by atoms with E-state index in [1.54, 1.807) is 18.0 Å². The Labute approximate surface area is 188 Å². The molecule has 1 fully saturated rings. The van der Waals surface area contributed by atoms with Crippen molar-refractivity contribution >= 4 is 34.1 Å². The normalized spacial score (nSPS) is 13.9. The van der Waals surface area contributed by atoms with Crippen LogP contribution in [0.15, 0.2) is 41.5 Å². The monoisotopic (exact) mass is 455 g/mol. The van der Waals surface area contributed by atoms with Crippen LogP contribution >= 0.6 is 0 Å². The van der Waals surface area contributed by atoms with Gasteiger partial charge in [-0.3, -0.25) is 14.9 Å². The van der Waals surface area contributed by atoms with Crippen LogP contribution in [0.1, 0.15) is 17.3 Å². The molecule has 1 aromatic carbocycles. The number of aromatic nitrogens is 2. The van der Waals surface area contributed by atoms with E-state index in [0.29, 0.717) is 26.2 Å². The summed E-state index contributed by atoms with van der Waals surface area (Å²) < 4.78 is 21.9. The molecule has 1 aliphatic rings. The zero-order valence-electron chi connectivity index (χ0n) is 18.2. The molecule has 0 atom stereocenters. The van der Waals surface area contributed by atoms with Gasteiger partial charge in [0.15, 0.2) is 11.5 Å². The van der Waals surface area contributed by atoms with Crippen molar-refractivity contribution in [2.75, 3.05) is 42.6 Å². The van der Waals surface area contributed by atoms with Gasteiger partial charge in [-0.2, -0.15) is 0 Å². The molecule has 0 bridgehead atoms. The van der Waals surface area contributed by atoms with Gasteiger partial charge in [-0.15, -0.1) is 0 Å². The number of aryl methyl sites for hydroxylation is 1. The first-order valence-electron chi connectivity index (χ1n) is 10.4. The van der Waals surface area contributed by atoms with E-state index in [-0.39, 0.29) is 28.8 Å². The SMILES string of the molecule is CCOC(=O)c1cn(C)c2c(F)c(N3CCN(c4ccccn4)CC3)c([N+](=O)[O-])cc2c1=O. The molecule has 11 heteroatoms. The maximum Gasteiger partial charge on any atom is 0.343 e. The van der Waals surface area contributed by atoms with Gasteiger partial charge in [0, 0.05) is 51.7 Å². The minimum Gasteiger partial charge on any atom is -0.462 e. The maximum absolute atomic E-state index is 15.8. The summed E-state index contributed by atoms with van der Waals surface area (Å²) in [6, 6.07) is 6.59. The van der Waals surface area contributed by atoms with Crippen LogP contribution in [0.25, 0.3) is 10.9 Å². The average Bonchev–Trinajstić information content (AvgIpc) is 2.81. The molecular weight excluding hydrogens is 433 g/mol. The van der Waals surface area contributed by atoms with Crippen molar-refractivity contribution in [1.29, 1.82) is 0 Å². The van der Waals surface area contributed by atoms with Crippen molar-refractivity contribution in [2.24, 2.45) is 7.05 Å². The third-order valence-corrected chi connectivity index (χ3v) is 5.62. The first-order chi connectivity index (χ1) is 15.8. The fourth-order valence-corrected chi connectivity index (χ4v) is 4.09. The molecule has 10 nitrogen and oxygen atoms in total. The van der Waals surface area contributed by atoms with Crippen LogP contribution < -0.4 is 15.2 Å². The number of esters is 1. The highest BCUT2D eigenvalue weighted by molar-refractivity contribution is 5.96. The van der Waals surface area contributed by atoms with Crippen LogP contribution in [-0.4, -0.2) is 53.2 Å². The molecule has 0 spiro atoms. The van der Waals surface area contributed by atoms with Crippen molar-refractivity contribution in [1.82, 2.24) is 9.55 Å². The predicted octanol–water partition coefficient (Wildman–Crippen LogP) is 2.48. The summed E-state index contributed by atoms with van der Waals surface area (Å²) in [5.74, 6) is -0.960. The van der Waals surface area contributed by atoms with Gasteiger partial charge in [0.25, 0.3) is 5.69 Å². The van der Waals surface area contributed by atoms with Gasteiger partial charge in [0.2, 0.25) is 5.43 Å². The Bertz CT molecular complexity index is 1290. The number of halogens is 1. The highest BCUT2D eigenvalue weighted by Gasteiger charge is 2.31. The molecule has 4 rings (SSSR count). The van der Waals surface area contributed by atoms with E-state index in [9.17, 15) is 19.7 Å². The van der Waals surface area contributed by atoms with Crippen molar-refractivity contribution in [3.8, 4) is 0 Å². The van der Waals surface area contributed by atoms with Crippen LogP contribution in [0.3, 0.4) is 0 Å². The smallest absolute Gasteiger partial charge is 0.343 e. The summed E-state index contributed by atoms with van der Waals surface area (Å²) in [6.07, 6.45) is 2.88. The van der Waals surface area contributed by atoms with E-state index in [1.807, 2.05) is 23.1 Å². The molecule has 1 aliphatic heterocycles. The molecule has 1 saturated heterocycles. The molecule has 3 heterocycles. The number of carbonyl (C=O) groups excluding carboxylic acids is 1. The number of ether oxygens (including phenoxy) is 1. The van der Waals surface area contributed by atoms with E-state index < -0.39 is 27.8 Å². The van der Waals surface area contributed by atoms with E-state index >= 15 is 4.39 Å². The van der Waals surface area contributed by atoms with Crippen molar-refractivity contribution < 1.29 is 18.8 Å². The largest absolute Gasteiger partial charge is 0.462 e. The number of nitro benzene ring substituents is 1. The van der Waals surface area contributed by atoms with Crippen LogP contribution in [-0.2, 0) is 11.8 Å². The Hall–Kier alpha value is -4.02. The number of nitro groups is 1. The molecule has 0 radical (unpaired) electrons. The molecule has 0 aliphatic carbocycles. The lowest BCUT2D eigenvalue weighted by Crippen LogP contribution is -2.47. The average molecular weight is 455 g/mol. The first-order valence-corrected chi connectivity index (χ1v) is 10.4. The van der Waals surface area contributed by atoms with E-state index in [4.69, 9.17) is 4.74 Å². The molecule has 33 heavy (non-hydrogen) atoms. The molecule has 0 saturated carbocycles. The van der Waals surface area contributed by atoms with Gasteiger partial charge in [-0.25, -0.2) is 14.2 Å². The Morgan fingerprint density at radius 2 is 1.94 bits per heavy atom. The van der Waals surface area contributed by atoms with Gasteiger partial charge in [0.1, 0.15) is 11.4 Å². The molecule has 0 N–H and O–H groups in total. The Kier molecular flexibility index (Phi) is 5.95. The van der Waals surface area contributed by atoms with Gasteiger partial charge < -0.3 is 19.1 Å². The van der Waals surface area contributed by atoms with Crippen LogP contribution in [0.4, 0.5) is 21.6 Å². The topological polar surface area (TPSA) is 111 Å². The fourth-order valence-electron chi connectivity index (χ4n) is 4.09. The van der Waals surface area contributed by atoms with Gasteiger partial charge >= 0.3 is 5.97 Å². The fraction of sp³-hybridized carbons (Fsp3) is 0.318. The van der Waals surface area contributed by atoms with Crippen LogP contribution in [0.2, 0.25) is 0 Å². The van der Waals surface area contributed by atoms with E-state index in [2.05, 4.69) is 4.98 Å². The number of benzene rings is 1. The lowest BCUT2D eigenvalue weighted by atomic mass is 10.1. The number of hydrogen-bond donors (Lipinski definition) is 0. The molecule has 2 aromatic heterocycles. The van der Waals surface area contributed by atoms with Gasteiger partial charge in [-0.05, 0) is 19.1 Å². The standard InChI is InChI=1S/C22H22FN5O5/c1-3-33-22(30)15-13-25(2)19-14(21(15)29)12-16(28(31)32)20(18(19)23)27-10-8-26(9-11-27)17-6-4-5-7-24-17/h4-7,12-13H,3,8-11H2,1-2H3. The minimum absolute atomic E-state index is 0.0535. The summed E-state index contributed by atoms with van der Waals surface area (Å²) in [5, 5.41) is 11.6. The molecular formula is C22H22FN5O5. The summed E-state index contributed by atoms with van der Waals surface area (Å²) >= 11 is 0. The number of anilines is 2. The second-order valence-electron chi connectivity index (χ2n) is 7.58. The van der Waals surface area contributed by atoms with Gasteiger partial charge in [-0.1, -0.05) is 6.07 Å². The molecule has 0 unspecified atom stereocenters. The summed E-state index contributed by atoms with van der Waals surface area (Å²) in [7, 11) is 1.47. The Morgan fingerprint density at radius 3 is 2.55 bits per heavy atom. The second-order valence-corrected chi connectivity index (χ2v) is 7.58. The third-order valence-electron chi connectivity index (χ3n) is 5.62. The number of fused-ring (bicyclic) bond motifs is 1. The highest BCUT2D eigenvalue weighted by atomic mass is 19.1. The molecule has 3 aromatic rings. The number of pyridine rings is 2. The van der Waals surface area contributed by atoms with Crippen molar-refractivity contribution in [3.63, 3.8) is 0 Å². The quantitative estimate of drug-likeness (QED) is 0.328. The summed E-state index contributed by atoms with van der Waals surface area (Å²) in [5.41, 5.74) is -1.93. The zero-order valence-corrected chi connectivity index (χ0v) is 18.2. The van der Waals surface area contributed by atoms with E-state index in [0.717, 1.165) is 11.9 Å². The first kappa shape index (κ1) is 22.2. The van der Waals surface area contributed by atoms with Crippen LogP contribution in [0.5, 0.6) is 0 Å². The number of carbonyl (C=O) groups is 1. The van der Waals surface area contributed by atoms with Crippen molar-refractivity contribution in [3.05, 3.63) is 68.4 Å². The number of piperazine rings is 1. The minimum atomic E-state index is -0.875. The van der Waals surface area contributed by atoms with E-state index in [1.165, 1.54) is 17.8 Å². The molecule has 0 amide bonds. The number of nitrogens with zero attached hydrogens (tertiary/aromatic N) is 5.